The van der Waals surface area contributed by atoms with Gasteiger partial charge in [0.15, 0.2) is 0 Å². The zero-order valence-corrected chi connectivity index (χ0v) is 12.6. The van der Waals surface area contributed by atoms with Crippen LogP contribution >= 0.6 is 0 Å². The molecule has 0 saturated carbocycles. The van der Waals surface area contributed by atoms with Crippen LogP contribution in [0.5, 0.6) is 5.75 Å². The topological polar surface area (TPSA) is 58.6 Å². The van der Waals surface area contributed by atoms with Crippen LogP contribution < -0.4 is 10.1 Å². The Morgan fingerprint density at radius 1 is 1.30 bits per heavy atom. The maximum atomic E-state index is 11.8. The molecule has 1 amide bonds. The van der Waals surface area contributed by atoms with E-state index in [1.54, 1.807) is 7.11 Å². The Morgan fingerprint density at radius 3 is 2.55 bits per heavy atom. The molecule has 0 aliphatic heterocycles. The number of hydrogen-bond acceptors (Lipinski definition) is 3. The molecular weight excluding hydrogens is 254 g/mol. The standard InChI is InChI=1S/C16H25NO3/c1-4-16(19,5-2)12-17-15(18)11-10-13-8-6-7-9-14(13)20-3/h6-9,19H,4-5,10-12H2,1-3H3,(H,17,18). The average molecular weight is 279 g/mol. The van der Waals surface area contributed by atoms with E-state index in [-0.39, 0.29) is 5.91 Å². The van der Waals surface area contributed by atoms with Crippen LogP contribution in [-0.4, -0.2) is 30.3 Å². The van der Waals surface area contributed by atoms with Crippen LogP contribution in [0.1, 0.15) is 38.7 Å². The minimum atomic E-state index is -0.792. The second kappa shape index (κ2) is 7.90. The molecule has 4 heteroatoms. The fourth-order valence-corrected chi connectivity index (χ4v) is 2.01. The molecule has 0 aliphatic rings. The summed E-state index contributed by atoms with van der Waals surface area (Å²) >= 11 is 0. The van der Waals surface area contributed by atoms with Crippen LogP contribution in [0.25, 0.3) is 0 Å². The van der Waals surface area contributed by atoms with Crippen molar-refractivity contribution in [2.24, 2.45) is 0 Å². The normalized spacial score (nSPS) is 11.2. The van der Waals surface area contributed by atoms with Crippen molar-refractivity contribution in [1.29, 1.82) is 0 Å². The van der Waals surface area contributed by atoms with Gasteiger partial charge in [0, 0.05) is 13.0 Å². The third kappa shape index (κ3) is 4.85. The highest BCUT2D eigenvalue weighted by molar-refractivity contribution is 5.76. The third-order valence-corrected chi connectivity index (χ3v) is 3.74. The molecule has 0 saturated heterocycles. The number of amides is 1. The number of ether oxygens (including phenoxy) is 1. The smallest absolute Gasteiger partial charge is 0.220 e. The molecule has 20 heavy (non-hydrogen) atoms. The molecule has 2 N–H and O–H groups in total. The van der Waals surface area contributed by atoms with E-state index < -0.39 is 5.60 Å². The summed E-state index contributed by atoms with van der Waals surface area (Å²) in [6.07, 6.45) is 2.29. The van der Waals surface area contributed by atoms with Gasteiger partial charge in [0.25, 0.3) is 0 Å². The van der Waals surface area contributed by atoms with E-state index in [9.17, 15) is 9.90 Å². The quantitative estimate of drug-likeness (QED) is 0.767. The van der Waals surface area contributed by atoms with Gasteiger partial charge in [-0.3, -0.25) is 4.79 Å². The lowest BCUT2D eigenvalue weighted by molar-refractivity contribution is -0.122. The molecule has 112 valence electrons. The summed E-state index contributed by atoms with van der Waals surface area (Å²) in [5.41, 5.74) is 0.228. The number of rotatable bonds is 8. The predicted octanol–water partition coefficient (Wildman–Crippen LogP) is 2.30. The van der Waals surface area contributed by atoms with Crippen molar-refractivity contribution in [3.8, 4) is 5.75 Å². The van der Waals surface area contributed by atoms with Crippen LogP contribution in [-0.2, 0) is 11.2 Å². The Hall–Kier alpha value is -1.55. The van der Waals surface area contributed by atoms with E-state index in [0.717, 1.165) is 11.3 Å². The zero-order chi connectivity index (χ0) is 15.0. The number of nitrogens with one attached hydrogen (secondary N) is 1. The van der Waals surface area contributed by atoms with Crippen molar-refractivity contribution in [3.05, 3.63) is 29.8 Å². The lowest BCUT2D eigenvalue weighted by Gasteiger charge is -2.25. The predicted molar refractivity (Wildman–Crippen MR) is 79.9 cm³/mol. The first-order chi connectivity index (χ1) is 9.54. The monoisotopic (exact) mass is 279 g/mol. The summed E-state index contributed by atoms with van der Waals surface area (Å²) in [5.74, 6) is 0.759. The van der Waals surface area contributed by atoms with Crippen molar-refractivity contribution in [2.75, 3.05) is 13.7 Å². The second-order valence-corrected chi connectivity index (χ2v) is 5.02. The number of benzene rings is 1. The van der Waals surface area contributed by atoms with Crippen molar-refractivity contribution in [3.63, 3.8) is 0 Å². The molecule has 0 heterocycles. The lowest BCUT2D eigenvalue weighted by atomic mass is 9.97. The maximum Gasteiger partial charge on any atom is 0.220 e. The van der Waals surface area contributed by atoms with Crippen LogP contribution in [0.2, 0.25) is 0 Å². The number of methoxy groups -OCH3 is 1. The first-order valence-corrected chi connectivity index (χ1v) is 7.15. The van der Waals surface area contributed by atoms with E-state index in [1.807, 2.05) is 38.1 Å². The molecule has 1 aromatic carbocycles. The van der Waals surface area contributed by atoms with E-state index in [2.05, 4.69) is 5.32 Å². The molecule has 4 nitrogen and oxygen atoms in total. The number of carbonyl (C=O) groups is 1. The summed E-state index contributed by atoms with van der Waals surface area (Å²) in [6, 6.07) is 7.69. The van der Waals surface area contributed by atoms with E-state index >= 15 is 0 Å². The molecule has 1 aromatic rings. The summed E-state index contributed by atoms with van der Waals surface area (Å²) < 4.78 is 5.25. The van der Waals surface area contributed by atoms with E-state index in [0.29, 0.717) is 32.2 Å². The van der Waals surface area contributed by atoms with Gasteiger partial charge in [0.2, 0.25) is 5.91 Å². The molecule has 0 aromatic heterocycles. The largest absolute Gasteiger partial charge is 0.496 e. The van der Waals surface area contributed by atoms with Gasteiger partial charge in [-0.25, -0.2) is 0 Å². The lowest BCUT2D eigenvalue weighted by Crippen LogP contribution is -2.42. The fraction of sp³-hybridized carbons (Fsp3) is 0.562. The molecule has 0 unspecified atom stereocenters. The van der Waals surface area contributed by atoms with Gasteiger partial charge in [0.1, 0.15) is 5.75 Å². The zero-order valence-electron chi connectivity index (χ0n) is 12.6. The number of hydrogen-bond donors (Lipinski definition) is 2. The second-order valence-electron chi connectivity index (χ2n) is 5.02. The molecule has 0 spiro atoms. The van der Waals surface area contributed by atoms with E-state index in [4.69, 9.17) is 4.74 Å². The fourth-order valence-electron chi connectivity index (χ4n) is 2.01. The van der Waals surface area contributed by atoms with Crippen LogP contribution in [0.3, 0.4) is 0 Å². The Bertz CT molecular complexity index is 427. The van der Waals surface area contributed by atoms with Gasteiger partial charge in [0.05, 0.1) is 12.7 Å². The van der Waals surface area contributed by atoms with Gasteiger partial charge >= 0.3 is 0 Å². The van der Waals surface area contributed by atoms with Crippen LogP contribution in [0.4, 0.5) is 0 Å². The van der Waals surface area contributed by atoms with Crippen molar-refractivity contribution in [2.45, 2.75) is 45.1 Å². The van der Waals surface area contributed by atoms with Gasteiger partial charge in [-0.1, -0.05) is 32.0 Å². The summed E-state index contributed by atoms with van der Waals surface area (Å²) in [6.45, 7) is 4.15. The van der Waals surface area contributed by atoms with Crippen LogP contribution in [0.15, 0.2) is 24.3 Å². The molecule has 0 atom stereocenters. The molecule has 0 radical (unpaired) electrons. The molecular formula is C16H25NO3. The summed E-state index contributed by atoms with van der Waals surface area (Å²) in [7, 11) is 1.63. The van der Waals surface area contributed by atoms with E-state index in [1.165, 1.54) is 0 Å². The van der Waals surface area contributed by atoms with Gasteiger partial charge < -0.3 is 15.2 Å². The summed E-state index contributed by atoms with van der Waals surface area (Å²) in [5, 5.41) is 12.9. The van der Waals surface area contributed by atoms with Crippen LogP contribution in [0, 0.1) is 0 Å². The van der Waals surface area contributed by atoms with Crippen molar-refractivity contribution < 1.29 is 14.6 Å². The number of carbonyl (C=O) groups excluding carboxylic acids is 1. The maximum absolute atomic E-state index is 11.8. The Balaban J connectivity index is 2.44. The number of aryl methyl sites for hydroxylation is 1. The Morgan fingerprint density at radius 2 is 1.95 bits per heavy atom. The highest BCUT2D eigenvalue weighted by Crippen LogP contribution is 2.19. The van der Waals surface area contributed by atoms with Gasteiger partial charge in [-0.15, -0.1) is 0 Å². The van der Waals surface area contributed by atoms with Gasteiger partial charge in [-0.2, -0.15) is 0 Å². The highest BCUT2D eigenvalue weighted by Gasteiger charge is 2.22. The molecule has 0 bridgehead atoms. The summed E-state index contributed by atoms with van der Waals surface area (Å²) in [4.78, 5) is 11.8. The number of aliphatic hydroxyl groups is 1. The third-order valence-electron chi connectivity index (χ3n) is 3.74. The highest BCUT2D eigenvalue weighted by atomic mass is 16.5. The SMILES string of the molecule is CCC(O)(CC)CNC(=O)CCc1ccccc1OC. The van der Waals surface area contributed by atoms with Crippen molar-refractivity contribution >= 4 is 5.91 Å². The Kier molecular flexibility index (Phi) is 6.52. The molecule has 0 fully saturated rings. The first-order valence-electron chi connectivity index (χ1n) is 7.15. The Labute approximate surface area is 121 Å². The molecule has 0 aliphatic carbocycles. The minimum absolute atomic E-state index is 0.0452. The molecule has 1 rings (SSSR count). The average Bonchev–Trinajstić information content (AvgIpc) is 2.50. The first kappa shape index (κ1) is 16.5. The van der Waals surface area contributed by atoms with Gasteiger partial charge in [-0.05, 0) is 30.9 Å². The number of para-hydroxylation sites is 1. The van der Waals surface area contributed by atoms with Crippen molar-refractivity contribution in [1.82, 2.24) is 5.32 Å². The minimum Gasteiger partial charge on any atom is -0.496 e.